The Labute approximate surface area is 99.3 Å². The first kappa shape index (κ1) is 11.0. The van der Waals surface area contributed by atoms with E-state index in [2.05, 4.69) is 9.97 Å². The second-order valence-electron chi connectivity index (χ2n) is 3.50. The standard InChI is InChI=1S/C12H12ClN3/c1-8-11(15-7-16-12(8)13)10-5-3-2-4-9(10)6-14/h2-5,7H,6,14H2,1H3. The zero-order valence-corrected chi connectivity index (χ0v) is 9.70. The van der Waals surface area contributed by atoms with Crippen molar-refractivity contribution in [2.45, 2.75) is 13.5 Å². The van der Waals surface area contributed by atoms with Crippen molar-refractivity contribution in [2.24, 2.45) is 5.73 Å². The predicted molar refractivity (Wildman–Crippen MR) is 65.1 cm³/mol. The molecule has 0 saturated heterocycles. The Kier molecular flexibility index (Phi) is 3.17. The summed E-state index contributed by atoms with van der Waals surface area (Å²) in [6.45, 7) is 2.39. The van der Waals surface area contributed by atoms with Gasteiger partial charge in [0.25, 0.3) is 0 Å². The Morgan fingerprint density at radius 2 is 2.00 bits per heavy atom. The highest BCUT2D eigenvalue weighted by Crippen LogP contribution is 2.27. The third-order valence-electron chi connectivity index (χ3n) is 2.51. The summed E-state index contributed by atoms with van der Waals surface area (Å²) in [6, 6.07) is 7.91. The lowest BCUT2D eigenvalue weighted by Gasteiger charge is -2.09. The van der Waals surface area contributed by atoms with Crippen LogP contribution >= 0.6 is 11.6 Å². The summed E-state index contributed by atoms with van der Waals surface area (Å²) >= 11 is 5.98. The molecule has 2 N–H and O–H groups in total. The van der Waals surface area contributed by atoms with Crippen LogP contribution in [0.5, 0.6) is 0 Å². The smallest absolute Gasteiger partial charge is 0.135 e. The van der Waals surface area contributed by atoms with E-state index < -0.39 is 0 Å². The fraction of sp³-hybridized carbons (Fsp3) is 0.167. The number of aromatic nitrogens is 2. The van der Waals surface area contributed by atoms with Gasteiger partial charge in [-0.3, -0.25) is 0 Å². The van der Waals surface area contributed by atoms with Gasteiger partial charge in [-0.25, -0.2) is 9.97 Å². The molecule has 0 spiro atoms. The van der Waals surface area contributed by atoms with Crippen LogP contribution in [0.15, 0.2) is 30.6 Å². The van der Waals surface area contributed by atoms with Gasteiger partial charge in [0.1, 0.15) is 11.5 Å². The van der Waals surface area contributed by atoms with E-state index in [0.29, 0.717) is 11.7 Å². The molecule has 0 aliphatic rings. The fourth-order valence-electron chi connectivity index (χ4n) is 1.63. The van der Waals surface area contributed by atoms with Gasteiger partial charge in [0.05, 0.1) is 5.69 Å². The number of nitrogens with two attached hydrogens (primary N) is 1. The summed E-state index contributed by atoms with van der Waals surface area (Å²) in [6.07, 6.45) is 1.47. The minimum Gasteiger partial charge on any atom is -0.326 e. The van der Waals surface area contributed by atoms with E-state index in [4.69, 9.17) is 17.3 Å². The average molecular weight is 234 g/mol. The maximum Gasteiger partial charge on any atom is 0.135 e. The van der Waals surface area contributed by atoms with E-state index in [1.165, 1.54) is 6.33 Å². The highest BCUT2D eigenvalue weighted by Gasteiger charge is 2.10. The number of nitrogens with zero attached hydrogens (tertiary/aromatic N) is 2. The molecule has 0 atom stereocenters. The third kappa shape index (κ3) is 1.92. The van der Waals surface area contributed by atoms with Crippen LogP contribution in [0.25, 0.3) is 11.3 Å². The van der Waals surface area contributed by atoms with Crippen LogP contribution < -0.4 is 5.73 Å². The molecule has 0 bridgehead atoms. The largest absolute Gasteiger partial charge is 0.326 e. The highest BCUT2D eigenvalue weighted by atomic mass is 35.5. The summed E-state index contributed by atoms with van der Waals surface area (Å²) in [5.74, 6) is 0. The van der Waals surface area contributed by atoms with Crippen molar-refractivity contribution in [2.75, 3.05) is 0 Å². The normalized spacial score (nSPS) is 10.4. The predicted octanol–water partition coefficient (Wildman–Crippen LogP) is 2.56. The molecule has 0 unspecified atom stereocenters. The van der Waals surface area contributed by atoms with Crippen molar-refractivity contribution in [3.63, 3.8) is 0 Å². The van der Waals surface area contributed by atoms with Crippen LogP contribution in [-0.2, 0) is 6.54 Å². The molecule has 2 rings (SSSR count). The molecular formula is C12H12ClN3. The first-order valence-electron chi connectivity index (χ1n) is 4.99. The van der Waals surface area contributed by atoms with E-state index in [0.717, 1.165) is 22.4 Å². The van der Waals surface area contributed by atoms with Gasteiger partial charge >= 0.3 is 0 Å². The maximum atomic E-state index is 5.98. The summed E-state index contributed by atoms with van der Waals surface area (Å²) in [4.78, 5) is 8.21. The van der Waals surface area contributed by atoms with E-state index >= 15 is 0 Å². The molecule has 4 heteroatoms. The third-order valence-corrected chi connectivity index (χ3v) is 2.90. The lowest BCUT2D eigenvalue weighted by Crippen LogP contribution is -2.01. The Bertz CT molecular complexity index is 511. The fourth-order valence-corrected chi connectivity index (χ4v) is 1.76. The molecule has 2 aromatic rings. The minimum atomic E-state index is 0.483. The Morgan fingerprint density at radius 3 is 2.75 bits per heavy atom. The SMILES string of the molecule is Cc1c(Cl)ncnc1-c1ccccc1CN. The summed E-state index contributed by atoms with van der Waals surface area (Å²) < 4.78 is 0. The molecule has 1 heterocycles. The molecule has 0 aliphatic heterocycles. The molecule has 82 valence electrons. The van der Waals surface area contributed by atoms with E-state index in [-0.39, 0.29) is 0 Å². The van der Waals surface area contributed by atoms with E-state index in [9.17, 15) is 0 Å². The van der Waals surface area contributed by atoms with Crippen molar-refractivity contribution in [1.82, 2.24) is 9.97 Å². The molecule has 0 amide bonds. The second-order valence-corrected chi connectivity index (χ2v) is 3.86. The van der Waals surface area contributed by atoms with Crippen LogP contribution in [0.4, 0.5) is 0 Å². The van der Waals surface area contributed by atoms with Gasteiger partial charge in [0.15, 0.2) is 0 Å². The molecule has 0 aliphatic carbocycles. The number of hydrogen-bond acceptors (Lipinski definition) is 3. The molecule has 0 fully saturated rings. The molecule has 3 nitrogen and oxygen atoms in total. The first-order valence-corrected chi connectivity index (χ1v) is 5.37. The number of hydrogen-bond donors (Lipinski definition) is 1. The van der Waals surface area contributed by atoms with Crippen LogP contribution in [-0.4, -0.2) is 9.97 Å². The average Bonchev–Trinajstić information content (AvgIpc) is 2.33. The molecule has 1 aromatic carbocycles. The number of halogens is 1. The number of benzene rings is 1. The van der Waals surface area contributed by atoms with Gasteiger partial charge in [0, 0.05) is 17.7 Å². The minimum absolute atomic E-state index is 0.483. The van der Waals surface area contributed by atoms with E-state index in [1.54, 1.807) is 0 Å². The van der Waals surface area contributed by atoms with Gasteiger partial charge in [-0.15, -0.1) is 0 Å². The Morgan fingerprint density at radius 1 is 1.25 bits per heavy atom. The van der Waals surface area contributed by atoms with Crippen molar-refractivity contribution >= 4 is 11.6 Å². The lowest BCUT2D eigenvalue weighted by molar-refractivity contribution is 1.06. The molecule has 1 aromatic heterocycles. The monoisotopic (exact) mass is 233 g/mol. The first-order chi connectivity index (χ1) is 7.74. The van der Waals surface area contributed by atoms with Crippen molar-refractivity contribution in [3.8, 4) is 11.3 Å². The van der Waals surface area contributed by atoms with E-state index in [1.807, 2.05) is 31.2 Å². The van der Waals surface area contributed by atoms with Gasteiger partial charge in [-0.2, -0.15) is 0 Å². The van der Waals surface area contributed by atoms with Crippen molar-refractivity contribution in [1.29, 1.82) is 0 Å². The number of rotatable bonds is 2. The molecule has 0 saturated carbocycles. The Hall–Kier alpha value is -1.45. The second kappa shape index (κ2) is 4.60. The molecule has 16 heavy (non-hydrogen) atoms. The summed E-state index contributed by atoms with van der Waals surface area (Å²) in [5, 5.41) is 0.483. The van der Waals surface area contributed by atoms with Gasteiger partial charge in [-0.1, -0.05) is 35.9 Å². The molecular weight excluding hydrogens is 222 g/mol. The van der Waals surface area contributed by atoms with Crippen LogP contribution in [0.1, 0.15) is 11.1 Å². The Balaban J connectivity index is 2.63. The van der Waals surface area contributed by atoms with Gasteiger partial charge in [-0.05, 0) is 12.5 Å². The van der Waals surface area contributed by atoms with Crippen LogP contribution in [0.2, 0.25) is 5.15 Å². The van der Waals surface area contributed by atoms with Crippen LogP contribution in [0.3, 0.4) is 0 Å². The lowest BCUT2D eigenvalue weighted by atomic mass is 10.0. The highest BCUT2D eigenvalue weighted by molar-refractivity contribution is 6.30. The van der Waals surface area contributed by atoms with Crippen LogP contribution in [0, 0.1) is 6.92 Å². The topological polar surface area (TPSA) is 51.8 Å². The zero-order chi connectivity index (χ0) is 11.5. The van der Waals surface area contributed by atoms with Crippen molar-refractivity contribution < 1.29 is 0 Å². The van der Waals surface area contributed by atoms with Gasteiger partial charge in [0.2, 0.25) is 0 Å². The summed E-state index contributed by atoms with van der Waals surface area (Å²) in [7, 11) is 0. The van der Waals surface area contributed by atoms with Gasteiger partial charge < -0.3 is 5.73 Å². The summed E-state index contributed by atoms with van der Waals surface area (Å²) in [5.41, 5.74) is 9.50. The maximum absolute atomic E-state index is 5.98. The van der Waals surface area contributed by atoms with Crippen molar-refractivity contribution in [3.05, 3.63) is 46.9 Å². The zero-order valence-electron chi connectivity index (χ0n) is 8.94. The quantitative estimate of drug-likeness (QED) is 0.812. The molecule has 0 radical (unpaired) electrons.